The predicted octanol–water partition coefficient (Wildman–Crippen LogP) is 3.12. The van der Waals surface area contributed by atoms with Gasteiger partial charge >= 0.3 is 12.4 Å². The molecule has 0 radical (unpaired) electrons. The molecule has 0 saturated carbocycles. The Morgan fingerprint density at radius 3 is 1.32 bits per heavy atom. The average molecular weight is 362 g/mol. The summed E-state index contributed by atoms with van der Waals surface area (Å²) in [5, 5.41) is 8.21. The lowest BCUT2D eigenvalue weighted by molar-refractivity contribution is -0.222. The van der Waals surface area contributed by atoms with Crippen LogP contribution in [0.2, 0.25) is 0 Å². The lowest BCUT2D eigenvalue weighted by Crippen LogP contribution is -2.37. The van der Waals surface area contributed by atoms with Gasteiger partial charge in [0, 0.05) is 0 Å². The molecule has 0 aromatic heterocycles. The van der Waals surface area contributed by atoms with Gasteiger partial charge in [-0.15, -0.1) is 0 Å². The van der Waals surface area contributed by atoms with E-state index in [4.69, 9.17) is 5.11 Å². The van der Waals surface area contributed by atoms with Crippen LogP contribution in [0.1, 0.15) is 27.7 Å². The number of aliphatic hydroxyl groups is 1. The Labute approximate surface area is 125 Å². The fourth-order valence-corrected chi connectivity index (χ4v) is 0.935. The van der Waals surface area contributed by atoms with Crippen LogP contribution in [0.3, 0.4) is 0 Å². The molecule has 22 heavy (non-hydrogen) atoms. The summed E-state index contributed by atoms with van der Waals surface area (Å²) in [7, 11) is -3.82. The highest BCUT2D eigenvalue weighted by atomic mass is 32.2. The fraction of sp³-hybridized carbons (Fsp3) is 1.00. The van der Waals surface area contributed by atoms with Crippen molar-refractivity contribution in [3.63, 3.8) is 0 Å². The minimum atomic E-state index is -4.47. The van der Waals surface area contributed by atoms with Crippen molar-refractivity contribution in [3.8, 4) is 0 Å². The van der Waals surface area contributed by atoms with Crippen LogP contribution >= 0.6 is 0 Å². The molecule has 0 unspecified atom stereocenters. The van der Waals surface area contributed by atoms with E-state index in [1.165, 1.54) is 0 Å². The zero-order chi connectivity index (χ0) is 18.6. The SMILES string of the molecule is CC(C)(CO)C(F)(F)F.CC(C)(COS(C)(=O)=O)C(F)(F)F. The second kappa shape index (κ2) is 7.35. The largest absolute Gasteiger partial charge is 0.396 e. The molecule has 0 heterocycles. The molecule has 0 aliphatic rings. The molecule has 0 aliphatic heterocycles. The minimum absolute atomic E-state index is 0.708. The maximum absolute atomic E-state index is 12.1. The highest BCUT2D eigenvalue weighted by Gasteiger charge is 2.48. The number of hydrogen-bond acceptors (Lipinski definition) is 4. The predicted molar refractivity (Wildman–Crippen MR) is 67.6 cm³/mol. The molecule has 4 nitrogen and oxygen atoms in total. The zero-order valence-corrected chi connectivity index (χ0v) is 13.6. The van der Waals surface area contributed by atoms with Crippen LogP contribution in [0.5, 0.6) is 0 Å². The standard InChI is InChI=1S/C6H11F3O3S.C5H9F3O/c1-5(2,6(7,8)9)4-12-13(3,10)11;1-4(2,3-9)5(6,7)8/h4H2,1-3H3;9H,3H2,1-2H3. The van der Waals surface area contributed by atoms with E-state index in [1.54, 1.807) is 0 Å². The van der Waals surface area contributed by atoms with Gasteiger partial charge in [0.1, 0.15) is 0 Å². The quantitative estimate of drug-likeness (QED) is 0.617. The van der Waals surface area contributed by atoms with Crippen molar-refractivity contribution in [2.75, 3.05) is 19.5 Å². The molecule has 0 fully saturated rings. The molecular weight excluding hydrogens is 342 g/mol. The van der Waals surface area contributed by atoms with Crippen LogP contribution in [0, 0.1) is 10.8 Å². The maximum Gasteiger partial charge on any atom is 0.396 e. The average Bonchev–Trinajstić information content (AvgIpc) is 2.23. The first-order valence-corrected chi connectivity index (χ1v) is 7.67. The summed E-state index contributed by atoms with van der Waals surface area (Å²) in [6, 6.07) is 0. The monoisotopic (exact) mass is 362 g/mol. The first kappa shape index (κ1) is 23.7. The van der Waals surface area contributed by atoms with E-state index in [0.717, 1.165) is 27.7 Å². The summed E-state index contributed by atoms with van der Waals surface area (Å²) >= 11 is 0. The molecular formula is C11H20F6O4S. The summed E-state index contributed by atoms with van der Waals surface area (Å²) in [6.07, 6.45) is -8.07. The summed E-state index contributed by atoms with van der Waals surface area (Å²) in [5.41, 5.74) is -4.12. The van der Waals surface area contributed by atoms with Gasteiger partial charge in [0.15, 0.2) is 0 Å². The van der Waals surface area contributed by atoms with Crippen LogP contribution in [0.4, 0.5) is 26.3 Å². The molecule has 1 N–H and O–H groups in total. The lowest BCUT2D eigenvalue weighted by Gasteiger charge is -2.26. The Hall–Kier alpha value is -0.550. The van der Waals surface area contributed by atoms with Gasteiger partial charge in [-0.1, -0.05) is 0 Å². The number of rotatable bonds is 4. The zero-order valence-electron chi connectivity index (χ0n) is 12.8. The molecule has 0 amide bonds. The number of hydrogen-bond donors (Lipinski definition) is 1. The lowest BCUT2D eigenvalue weighted by atomic mass is 9.94. The van der Waals surface area contributed by atoms with Gasteiger partial charge in [0.25, 0.3) is 10.1 Å². The van der Waals surface area contributed by atoms with E-state index >= 15 is 0 Å². The molecule has 0 rings (SSSR count). The van der Waals surface area contributed by atoms with Crippen LogP contribution in [0.25, 0.3) is 0 Å². The molecule has 0 bridgehead atoms. The fourth-order valence-electron chi connectivity index (χ4n) is 0.426. The van der Waals surface area contributed by atoms with Crippen LogP contribution < -0.4 is 0 Å². The van der Waals surface area contributed by atoms with Crippen LogP contribution in [0.15, 0.2) is 0 Å². The molecule has 0 spiro atoms. The van der Waals surface area contributed by atoms with Crippen LogP contribution in [-0.4, -0.2) is 45.3 Å². The molecule has 0 atom stereocenters. The Bertz CT molecular complexity index is 436. The first-order valence-electron chi connectivity index (χ1n) is 5.85. The van der Waals surface area contributed by atoms with Crippen molar-refractivity contribution in [1.29, 1.82) is 0 Å². The number of aliphatic hydroxyl groups excluding tert-OH is 1. The third kappa shape index (κ3) is 8.79. The van der Waals surface area contributed by atoms with Gasteiger partial charge in [-0.25, -0.2) is 0 Å². The van der Waals surface area contributed by atoms with Crippen molar-refractivity contribution >= 4 is 10.1 Å². The molecule has 11 heteroatoms. The van der Waals surface area contributed by atoms with Gasteiger partial charge in [-0.2, -0.15) is 34.8 Å². The van der Waals surface area contributed by atoms with Crippen LogP contribution in [-0.2, 0) is 14.3 Å². The van der Waals surface area contributed by atoms with Crippen molar-refractivity contribution in [2.24, 2.45) is 10.8 Å². The normalized spacial score (nSPS) is 14.4. The molecule has 0 saturated heterocycles. The van der Waals surface area contributed by atoms with E-state index in [1.807, 2.05) is 0 Å². The summed E-state index contributed by atoms with van der Waals surface area (Å²) in [4.78, 5) is 0. The third-order valence-corrected chi connectivity index (χ3v) is 3.11. The first-order chi connectivity index (χ1) is 9.27. The van der Waals surface area contributed by atoms with Gasteiger partial charge in [0.05, 0.1) is 30.3 Å². The Balaban J connectivity index is 0. The second-order valence-electron chi connectivity index (χ2n) is 5.89. The third-order valence-electron chi connectivity index (χ3n) is 2.56. The highest BCUT2D eigenvalue weighted by molar-refractivity contribution is 7.85. The topological polar surface area (TPSA) is 63.6 Å². The smallest absolute Gasteiger partial charge is 0.395 e. The van der Waals surface area contributed by atoms with E-state index in [0.29, 0.717) is 6.26 Å². The van der Waals surface area contributed by atoms with Crippen molar-refractivity contribution in [2.45, 2.75) is 40.0 Å². The minimum Gasteiger partial charge on any atom is -0.395 e. The van der Waals surface area contributed by atoms with E-state index < -0.39 is 46.5 Å². The second-order valence-corrected chi connectivity index (χ2v) is 7.53. The highest BCUT2D eigenvalue weighted by Crippen LogP contribution is 2.38. The van der Waals surface area contributed by atoms with Crippen molar-refractivity contribution < 1.29 is 44.0 Å². The van der Waals surface area contributed by atoms with Gasteiger partial charge in [-0.05, 0) is 27.7 Å². The molecule has 0 aliphatic carbocycles. The Morgan fingerprint density at radius 2 is 1.18 bits per heavy atom. The Morgan fingerprint density at radius 1 is 0.864 bits per heavy atom. The Kier molecular flexibility index (Phi) is 7.92. The van der Waals surface area contributed by atoms with Gasteiger partial charge < -0.3 is 5.11 Å². The van der Waals surface area contributed by atoms with E-state index in [9.17, 15) is 34.8 Å². The van der Waals surface area contributed by atoms with Crippen molar-refractivity contribution in [3.05, 3.63) is 0 Å². The molecule has 0 aromatic carbocycles. The van der Waals surface area contributed by atoms with Crippen molar-refractivity contribution in [1.82, 2.24) is 0 Å². The summed E-state index contributed by atoms with van der Waals surface area (Å²) in [6.45, 7) is 1.89. The van der Waals surface area contributed by atoms with E-state index in [-0.39, 0.29) is 0 Å². The maximum atomic E-state index is 12.1. The molecule has 136 valence electrons. The summed E-state index contributed by atoms with van der Waals surface area (Å²) in [5.74, 6) is 0. The number of alkyl halides is 6. The number of halogens is 6. The van der Waals surface area contributed by atoms with Gasteiger partial charge in [0.2, 0.25) is 0 Å². The van der Waals surface area contributed by atoms with Gasteiger partial charge in [-0.3, -0.25) is 4.18 Å². The van der Waals surface area contributed by atoms with E-state index in [2.05, 4.69) is 4.18 Å². The summed E-state index contributed by atoms with van der Waals surface area (Å²) < 4.78 is 96.3. The molecule has 0 aromatic rings.